The lowest BCUT2D eigenvalue weighted by Crippen LogP contribution is -2.12. The summed E-state index contributed by atoms with van der Waals surface area (Å²) in [6.45, 7) is 1.56. The number of carbonyl (C=O) groups excluding carboxylic acids is 1. The molecule has 4 nitrogen and oxygen atoms in total. The van der Waals surface area contributed by atoms with Gasteiger partial charge in [-0.2, -0.15) is 0 Å². The van der Waals surface area contributed by atoms with E-state index in [2.05, 4.69) is 9.72 Å². The van der Waals surface area contributed by atoms with Crippen molar-refractivity contribution >= 4 is 5.97 Å². The van der Waals surface area contributed by atoms with Crippen LogP contribution in [0.2, 0.25) is 0 Å². The Morgan fingerprint density at radius 3 is 2.69 bits per heavy atom. The number of aromatic nitrogens is 1. The van der Waals surface area contributed by atoms with Gasteiger partial charge in [0.25, 0.3) is 6.43 Å². The zero-order valence-corrected chi connectivity index (χ0v) is 8.96. The number of hydrogen-bond donors (Lipinski definition) is 1. The minimum absolute atomic E-state index is 0.0417. The molecule has 0 radical (unpaired) electrons. The van der Waals surface area contributed by atoms with Crippen molar-refractivity contribution in [3.63, 3.8) is 0 Å². The Morgan fingerprint density at radius 2 is 2.25 bits per heavy atom. The van der Waals surface area contributed by atoms with Crippen molar-refractivity contribution in [3.8, 4) is 0 Å². The molecule has 88 valence electrons. The number of nitrogens with zero attached hydrogens (tertiary/aromatic N) is 1. The first-order chi connectivity index (χ1) is 7.51. The molecule has 1 aromatic heterocycles. The fourth-order valence-corrected chi connectivity index (χ4v) is 1.38. The molecule has 0 spiro atoms. The van der Waals surface area contributed by atoms with Crippen LogP contribution in [-0.2, 0) is 11.3 Å². The van der Waals surface area contributed by atoms with Crippen LogP contribution in [0.5, 0.6) is 0 Å². The molecular weight excluding hydrogens is 218 g/mol. The summed E-state index contributed by atoms with van der Waals surface area (Å²) in [4.78, 5) is 14.7. The van der Waals surface area contributed by atoms with Gasteiger partial charge in [0.2, 0.25) is 0 Å². The Labute approximate surface area is 91.4 Å². The molecule has 6 heteroatoms. The highest BCUT2D eigenvalue weighted by Crippen LogP contribution is 2.24. The minimum Gasteiger partial charge on any atom is -0.464 e. The van der Waals surface area contributed by atoms with Crippen LogP contribution in [0.3, 0.4) is 0 Å². The maximum atomic E-state index is 12.7. The number of esters is 1. The second-order valence-corrected chi connectivity index (χ2v) is 3.18. The Balaban J connectivity index is 3.33. The number of rotatable bonds is 3. The van der Waals surface area contributed by atoms with Crippen LogP contribution in [0.4, 0.5) is 8.78 Å². The van der Waals surface area contributed by atoms with Crippen molar-refractivity contribution < 1.29 is 18.3 Å². The summed E-state index contributed by atoms with van der Waals surface area (Å²) in [5.41, 5.74) is 5.54. The van der Waals surface area contributed by atoms with Crippen LogP contribution < -0.4 is 5.73 Å². The van der Waals surface area contributed by atoms with E-state index in [0.29, 0.717) is 5.56 Å². The van der Waals surface area contributed by atoms with Gasteiger partial charge in [0.1, 0.15) is 11.4 Å². The number of aryl methyl sites for hydroxylation is 1. The Hall–Kier alpha value is -1.56. The molecule has 1 aromatic rings. The van der Waals surface area contributed by atoms with Gasteiger partial charge in [-0.1, -0.05) is 0 Å². The first-order valence-electron chi connectivity index (χ1n) is 4.58. The van der Waals surface area contributed by atoms with Crippen molar-refractivity contribution in [1.29, 1.82) is 0 Å². The van der Waals surface area contributed by atoms with Crippen LogP contribution >= 0.6 is 0 Å². The molecule has 0 amide bonds. The first-order valence-corrected chi connectivity index (χ1v) is 4.58. The molecule has 0 bridgehead atoms. The van der Waals surface area contributed by atoms with Crippen LogP contribution in [0, 0.1) is 6.92 Å². The summed E-state index contributed by atoms with van der Waals surface area (Å²) in [6, 6.07) is 1.39. The molecular formula is C10H12F2N2O2. The van der Waals surface area contributed by atoms with Gasteiger partial charge in [-0.25, -0.2) is 18.6 Å². The number of methoxy groups -OCH3 is 1. The van der Waals surface area contributed by atoms with E-state index in [9.17, 15) is 13.6 Å². The van der Waals surface area contributed by atoms with Gasteiger partial charge in [-0.15, -0.1) is 0 Å². The van der Waals surface area contributed by atoms with E-state index < -0.39 is 18.1 Å². The topological polar surface area (TPSA) is 65.2 Å². The zero-order valence-electron chi connectivity index (χ0n) is 8.96. The van der Waals surface area contributed by atoms with Gasteiger partial charge in [0, 0.05) is 6.54 Å². The van der Waals surface area contributed by atoms with Crippen LogP contribution in [0.1, 0.15) is 33.7 Å². The lowest BCUT2D eigenvalue weighted by molar-refractivity contribution is 0.0592. The van der Waals surface area contributed by atoms with E-state index in [0.717, 1.165) is 7.11 Å². The Kier molecular flexibility index (Phi) is 3.89. The summed E-state index contributed by atoms with van der Waals surface area (Å²) in [5.74, 6) is -0.742. The number of hydrogen-bond acceptors (Lipinski definition) is 4. The van der Waals surface area contributed by atoms with Crippen molar-refractivity contribution in [3.05, 3.63) is 28.6 Å². The van der Waals surface area contributed by atoms with E-state index in [1.54, 1.807) is 6.92 Å². The average Bonchev–Trinajstić information content (AvgIpc) is 2.26. The molecule has 2 N–H and O–H groups in total. The second-order valence-electron chi connectivity index (χ2n) is 3.18. The van der Waals surface area contributed by atoms with E-state index in [-0.39, 0.29) is 17.8 Å². The number of pyridine rings is 1. The van der Waals surface area contributed by atoms with E-state index in [4.69, 9.17) is 5.73 Å². The van der Waals surface area contributed by atoms with Crippen LogP contribution in [-0.4, -0.2) is 18.1 Å². The maximum absolute atomic E-state index is 12.7. The summed E-state index contributed by atoms with van der Waals surface area (Å²) >= 11 is 0. The summed E-state index contributed by atoms with van der Waals surface area (Å²) in [5, 5.41) is 0. The molecule has 1 rings (SSSR count). The number of ether oxygens (including phenoxy) is 1. The quantitative estimate of drug-likeness (QED) is 0.800. The van der Waals surface area contributed by atoms with E-state index >= 15 is 0 Å². The summed E-state index contributed by atoms with van der Waals surface area (Å²) < 4.78 is 29.8. The third-order valence-corrected chi connectivity index (χ3v) is 2.18. The third-order valence-electron chi connectivity index (χ3n) is 2.18. The Morgan fingerprint density at radius 1 is 1.62 bits per heavy atom. The maximum Gasteiger partial charge on any atom is 0.356 e. The van der Waals surface area contributed by atoms with Crippen molar-refractivity contribution in [2.45, 2.75) is 19.9 Å². The molecule has 0 aliphatic heterocycles. The third kappa shape index (κ3) is 2.33. The van der Waals surface area contributed by atoms with E-state index in [1.165, 1.54) is 6.07 Å². The monoisotopic (exact) mass is 230 g/mol. The van der Waals surface area contributed by atoms with Gasteiger partial charge in [0.15, 0.2) is 0 Å². The SMILES string of the molecule is COC(=O)c1cc(C)c(CN)c(C(F)F)n1. The predicted molar refractivity (Wildman–Crippen MR) is 53.2 cm³/mol. The fourth-order valence-electron chi connectivity index (χ4n) is 1.38. The standard InChI is InChI=1S/C10H12F2N2O2/c1-5-3-7(10(15)16-2)14-8(9(11)12)6(5)4-13/h3,9H,4,13H2,1-2H3. The molecule has 0 aromatic carbocycles. The second kappa shape index (κ2) is 4.98. The fraction of sp³-hybridized carbons (Fsp3) is 0.400. The van der Waals surface area contributed by atoms with Crippen LogP contribution in [0.15, 0.2) is 6.07 Å². The average molecular weight is 230 g/mol. The molecule has 0 aliphatic carbocycles. The van der Waals surface area contributed by atoms with Gasteiger partial charge >= 0.3 is 5.97 Å². The predicted octanol–water partition coefficient (Wildman–Crippen LogP) is 1.57. The lowest BCUT2D eigenvalue weighted by atomic mass is 10.1. The molecule has 0 atom stereocenters. The highest BCUT2D eigenvalue weighted by molar-refractivity contribution is 5.87. The van der Waals surface area contributed by atoms with Crippen LogP contribution in [0.25, 0.3) is 0 Å². The number of nitrogens with two attached hydrogens (primary N) is 1. The Bertz CT molecular complexity index is 408. The van der Waals surface area contributed by atoms with Gasteiger partial charge in [-0.3, -0.25) is 0 Å². The highest BCUT2D eigenvalue weighted by Gasteiger charge is 2.20. The van der Waals surface area contributed by atoms with Crippen molar-refractivity contribution in [2.75, 3.05) is 7.11 Å². The molecule has 0 unspecified atom stereocenters. The van der Waals surface area contributed by atoms with Crippen molar-refractivity contribution in [2.24, 2.45) is 5.73 Å². The largest absolute Gasteiger partial charge is 0.464 e. The zero-order chi connectivity index (χ0) is 12.3. The molecule has 16 heavy (non-hydrogen) atoms. The van der Waals surface area contributed by atoms with Gasteiger partial charge in [-0.05, 0) is 24.1 Å². The van der Waals surface area contributed by atoms with E-state index in [1.807, 2.05) is 0 Å². The molecule has 0 saturated heterocycles. The number of halogens is 2. The minimum atomic E-state index is -2.76. The number of carbonyl (C=O) groups is 1. The van der Waals surface area contributed by atoms with Crippen molar-refractivity contribution in [1.82, 2.24) is 4.98 Å². The van der Waals surface area contributed by atoms with Gasteiger partial charge in [0.05, 0.1) is 7.11 Å². The number of alkyl halides is 2. The highest BCUT2D eigenvalue weighted by atomic mass is 19.3. The smallest absolute Gasteiger partial charge is 0.356 e. The summed E-state index contributed by atoms with van der Waals surface area (Å²) in [6.07, 6.45) is -2.76. The normalized spacial score (nSPS) is 10.6. The molecule has 1 heterocycles. The molecule has 0 saturated carbocycles. The molecule has 0 fully saturated rings. The van der Waals surface area contributed by atoms with Gasteiger partial charge < -0.3 is 10.5 Å². The lowest BCUT2D eigenvalue weighted by Gasteiger charge is -2.11. The molecule has 0 aliphatic rings. The summed E-state index contributed by atoms with van der Waals surface area (Å²) in [7, 11) is 1.16. The first kappa shape index (κ1) is 12.5.